The van der Waals surface area contributed by atoms with E-state index < -0.39 is 0 Å². The molecule has 4 rings (SSSR count). The first kappa shape index (κ1) is 12.3. The van der Waals surface area contributed by atoms with Crippen molar-refractivity contribution < 1.29 is 18.9 Å². The second-order valence-electron chi connectivity index (χ2n) is 5.11. The molecule has 2 aliphatic heterocycles. The lowest BCUT2D eigenvalue weighted by molar-refractivity contribution is 0.173. The molecule has 0 spiro atoms. The van der Waals surface area contributed by atoms with E-state index in [2.05, 4.69) is 0 Å². The highest BCUT2D eigenvalue weighted by Crippen LogP contribution is 2.36. The molecule has 2 aliphatic rings. The van der Waals surface area contributed by atoms with Crippen molar-refractivity contribution in [2.24, 2.45) is 5.73 Å². The van der Waals surface area contributed by atoms with Crippen molar-refractivity contribution in [2.45, 2.75) is 12.5 Å². The number of hydrogen-bond donors (Lipinski definition) is 1. The van der Waals surface area contributed by atoms with Gasteiger partial charge in [0.05, 0.1) is 0 Å². The average molecular weight is 285 g/mol. The Balaban J connectivity index is 1.54. The minimum Gasteiger partial charge on any atom is -0.454 e. The molecule has 0 saturated heterocycles. The van der Waals surface area contributed by atoms with Gasteiger partial charge in [-0.15, -0.1) is 0 Å². The van der Waals surface area contributed by atoms with E-state index >= 15 is 0 Å². The Bertz CT molecular complexity index is 686. The molecule has 0 bridgehead atoms. The molecule has 2 N–H and O–H groups in total. The first-order valence-electron chi connectivity index (χ1n) is 6.83. The van der Waals surface area contributed by atoms with Gasteiger partial charge in [-0.25, -0.2) is 0 Å². The number of benzene rings is 2. The summed E-state index contributed by atoms with van der Waals surface area (Å²) in [6, 6.07) is 11.6. The summed E-state index contributed by atoms with van der Waals surface area (Å²) in [5.74, 6) is 3.10. The second kappa shape index (κ2) is 4.86. The van der Waals surface area contributed by atoms with E-state index in [4.69, 9.17) is 24.7 Å². The fraction of sp³-hybridized carbons (Fsp3) is 0.250. The zero-order chi connectivity index (χ0) is 14.2. The molecule has 0 radical (unpaired) electrons. The van der Waals surface area contributed by atoms with Gasteiger partial charge in [0.25, 0.3) is 0 Å². The molecule has 1 atom stereocenters. The van der Waals surface area contributed by atoms with Gasteiger partial charge in [-0.05, 0) is 41.8 Å². The molecular formula is C16H15NO4. The summed E-state index contributed by atoms with van der Waals surface area (Å²) in [5, 5.41) is 0. The number of rotatable bonds is 3. The zero-order valence-electron chi connectivity index (χ0n) is 11.4. The monoisotopic (exact) mass is 285 g/mol. The third kappa shape index (κ3) is 2.25. The van der Waals surface area contributed by atoms with Gasteiger partial charge < -0.3 is 24.7 Å². The summed E-state index contributed by atoms with van der Waals surface area (Å²) in [5.41, 5.74) is 8.44. The van der Waals surface area contributed by atoms with Crippen molar-refractivity contribution in [1.29, 1.82) is 0 Å². The predicted molar refractivity (Wildman–Crippen MR) is 75.8 cm³/mol. The molecule has 2 heterocycles. The Morgan fingerprint density at radius 1 is 0.810 bits per heavy atom. The Kier molecular flexibility index (Phi) is 2.86. The molecule has 2 aromatic carbocycles. The van der Waals surface area contributed by atoms with Gasteiger partial charge in [0.1, 0.15) is 0 Å². The Morgan fingerprint density at radius 3 is 2.19 bits per heavy atom. The maximum Gasteiger partial charge on any atom is 0.231 e. The highest BCUT2D eigenvalue weighted by molar-refractivity contribution is 5.47. The molecule has 0 saturated carbocycles. The van der Waals surface area contributed by atoms with Crippen LogP contribution in [0.15, 0.2) is 36.4 Å². The number of hydrogen-bond acceptors (Lipinski definition) is 5. The first-order chi connectivity index (χ1) is 10.3. The molecule has 5 heteroatoms. The van der Waals surface area contributed by atoms with Crippen molar-refractivity contribution >= 4 is 0 Å². The van der Waals surface area contributed by atoms with Crippen molar-refractivity contribution in [2.75, 3.05) is 13.6 Å². The minimum absolute atomic E-state index is 0.111. The van der Waals surface area contributed by atoms with Crippen LogP contribution in [0.4, 0.5) is 0 Å². The Morgan fingerprint density at radius 2 is 1.43 bits per heavy atom. The molecule has 5 nitrogen and oxygen atoms in total. The first-order valence-corrected chi connectivity index (χ1v) is 6.83. The van der Waals surface area contributed by atoms with Crippen molar-refractivity contribution in [1.82, 2.24) is 0 Å². The van der Waals surface area contributed by atoms with Gasteiger partial charge >= 0.3 is 0 Å². The topological polar surface area (TPSA) is 62.9 Å². The smallest absolute Gasteiger partial charge is 0.231 e. The van der Waals surface area contributed by atoms with E-state index in [1.807, 2.05) is 36.4 Å². The van der Waals surface area contributed by atoms with Crippen molar-refractivity contribution in [3.63, 3.8) is 0 Å². The highest BCUT2D eigenvalue weighted by atomic mass is 16.7. The standard InChI is InChI=1S/C16H15NO4/c17-12(11-2-4-14-16(7-11)21-9-19-14)5-10-1-3-13-15(6-10)20-8-18-13/h1-4,6-7,12H,5,8-9,17H2/t12-/m0/s1. The van der Waals surface area contributed by atoms with Crippen LogP contribution in [0.3, 0.4) is 0 Å². The lowest BCUT2D eigenvalue weighted by atomic mass is 9.99. The molecule has 2 aromatic rings. The Labute approximate surface area is 122 Å². The quantitative estimate of drug-likeness (QED) is 0.938. The maximum atomic E-state index is 6.30. The molecule has 0 unspecified atom stereocenters. The fourth-order valence-electron chi connectivity index (χ4n) is 2.58. The van der Waals surface area contributed by atoms with E-state index in [9.17, 15) is 0 Å². The third-order valence-electron chi connectivity index (χ3n) is 3.72. The van der Waals surface area contributed by atoms with Crippen LogP contribution < -0.4 is 24.7 Å². The van der Waals surface area contributed by atoms with Crippen molar-refractivity contribution in [3.8, 4) is 23.0 Å². The normalized spacial score (nSPS) is 16.0. The molecule has 108 valence electrons. The molecular weight excluding hydrogens is 270 g/mol. The number of fused-ring (bicyclic) bond motifs is 2. The summed E-state index contributed by atoms with van der Waals surface area (Å²) in [6.07, 6.45) is 0.719. The molecule has 21 heavy (non-hydrogen) atoms. The third-order valence-corrected chi connectivity index (χ3v) is 3.72. The second-order valence-corrected chi connectivity index (χ2v) is 5.11. The van der Waals surface area contributed by atoms with Crippen LogP contribution in [-0.4, -0.2) is 13.6 Å². The van der Waals surface area contributed by atoms with Crippen LogP contribution in [0.1, 0.15) is 17.2 Å². The Hall–Kier alpha value is -2.40. The summed E-state index contributed by atoms with van der Waals surface area (Å²) >= 11 is 0. The SMILES string of the molecule is N[C@@H](Cc1ccc2c(c1)OCO2)c1ccc2c(c1)OCO2. The van der Waals surface area contributed by atoms with Crippen LogP contribution in [0, 0.1) is 0 Å². The summed E-state index contributed by atoms with van der Waals surface area (Å²) in [7, 11) is 0. The number of nitrogens with two attached hydrogens (primary N) is 1. The predicted octanol–water partition coefficient (Wildman–Crippen LogP) is 2.39. The number of ether oxygens (including phenoxy) is 4. The minimum atomic E-state index is -0.111. The van der Waals surface area contributed by atoms with Gasteiger partial charge in [-0.1, -0.05) is 12.1 Å². The van der Waals surface area contributed by atoms with Crippen LogP contribution >= 0.6 is 0 Å². The van der Waals surface area contributed by atoms with Crippen LogP contribution in [0.2, 0.25) is 0 Å². The van der Waals surface area contributed by atoms with E-state index in [-0.39, 0.29) is 19.6 Å². The summed E-state index contributed by atoms with van der Waals surface area (Å²) < 4.78 is 21.4. The van der Waals surface area contributed by atoms with E-state index in [0.29, 0.717) is 0 Å². The van der Waals surface area contributed by atoms with Crippen molar-refractivity contribution in [3.05, 3.63) is 47.5 Å². The summed E-state index contributed by atoms with van der Waals surface area (Å²) in [4.78, 5) is 0. The van der Waals surface area contributed by atoms with Gasteiger partial charge in [-0.2, -0.15) is 0 Å². The molecule has 0 amide bonds. The fourth-order valence-corrected chi connectivity index (χ4v) is 2.58. The largest absolute Gasteiger partial charge is 0.454 e. The molecule has 0 fully saturated rings. The lowest BCUT2D eigenvalue weighted by Crippen LogP contribution is -2.13. The van der Waals surface area contributed by atoms with Crippen LogP contribution in [0.5, 0.6) is 23.0 Å². The van der Waals surface area contributed by atoms with Crippen LogP contribution in [0.25, 0.3) is 0 Å². The average Bonchev–Trinajstić information content (AvgIpc) is 3.14. The molecule has 0 aliphatic carbocycles. The van der Waals surface area contributed by atoms with E-state index in [1.165, 1.54) is 0 Å². The van der Waals surface area contributed by atoms with Gasteiger partial charge in [0, 0.05) is 6.04 Å². The maximum absolute atomic E-state index is 6.30. The summed E-state index contributed by atoms with van der Waals surface area (Å²) in [6.45, 7) is 0.559. The van der Waals surface area contributed by atoms with E-state index in [0.717, 1.165) is 40.5 Å². The van der Waals surface area contributed by atoms with Gasteiger partial charge in [0.15, 0.2) is 23.0 Å². The highest BCUT2D eigenvalue weighted by Gasteiger charge is 2.18. The van der Waals surface area contributed by atoms with Crippen LogP contribution in [-0.2, 0) is 6.42 Å². The van der Waals surface area contributed by atoms with E-state index in [1.54, 1.807) is 0 Å². The molecule has 0 aromatic heterocycles. The van der Waals surface area contributed by atoms with Gasteiger partial charge in [0.2, 0.25) is 13.6 Å². The lowest BCUT2D eigenvalue weighted by Gasteiger charge is -2.13. The zero-order valence-corrected chi connectivity index (χ0v) is 11.4. The van der Waals surface area contributed by atoms with Gasteiger partial charge in [-0.3, -0.25) is 0 Å².